The van der Waals surface area contributed by atoms with E-state index < -0.39 is 16.0 Å². The van der Waals surface area contributed by atoms with Gasteiger partial charge in [-0.25, -0.2) is 13.2 Å². The van der Waals surface area contributed by atoms with Crippen LogP contribution in [0, 0.1) is 0 Å². The number of carbonyl (C=O) groups excluding carboxylic acids is 1. The van der Waals surface area contributed by atoms with Crippen LogP contribution < -0.4 is 5.73 Å². The van der Waals surface area contributed by atoms with E-state index in [1.807, 2.05) is 6.92 Å². The molecule has 7 heteroatoms. The van der Waals surface area contributed by atoms with E-state index in [-0.39, 0.29) is 17.0 Å². The smallest absolute Gasteiger partial charge is 0.337 e. The van der Waals surface area contributed by atoms with Gasteiger partial charge in [0.1, 0.15) is 0 Å². The van der Waals surface area contributed by atoms with Gasteiger partial charge in [-0.2, -0.15) is 4.31 Å². The molecule has 0 radical (unpaired) electrons. The van der Waals surface area contributed by atoms with Gasteiger partial charge in [-0.15, -0.1) is 0 Å². The lowest BCUT2D eigenvalue weighted by Crippen LogP contribution is -2.48. The summed E-state index contributed by atoms with van der Waals surface area (Å²) in [7, 11) is -2.27. The molecule has 1 aromatic rings. The van der Waals surface area contributed by atoms with Crippen molar-refractivity contribution in [3.8, 4) is 0 Å². The van der Waals surface area contributed by atoms with E-state index in [1.165, 1.54) is 35.7 Å². The molecule has 0 aliphatic carbocycles. The van der Waals surface area contributed by atoms with Gasteiger partial charge in [0, 0.05) is 18.6 Å². The second-order valence-corrected chi connectivity index (χ2v) is 7.16. The van der Waals surface area contributed by atoms with Gasteiger partial charge in [-0.05, 0) is 44.0 Å². The lowest BCUT2D eigenvalue weighted by molar-refractivity contribution is 0.0600. The van der Waals surface area contributed by atoms with Crippen LogP contribution in [-0.2, 0) is 14.8 Å². The number of ether oxygens (including phenoxy) is 1. The fourth-order valence-corrected chi connectivity index (χ4v) is 4.22. The minimum absolute atomic E-state index is 0.0492. The number of benzene rings is 1. The van der Waals surface area contributed by atoms with E-state index in [4.69, 9.17) is 5.73 Å². The summed E-state index contributed by atoms with van der Waals surface area (Å²) in [5.74, 6) is -0.490. The molecule has 2 N–H and O–H groups in total. The van der Waals surface area contributed by atoms with E-state index in [9.17, 15) is 13.2 Å². The van der Waals surface area contributed by atoms with Crippen molar-refractivity contribution in [3.05, 3.63) is 29.8 Å². The van der Waals surface area contributed by atoms with Crippen molar-refractivity contribution in [2.45, 2.75) is 36.7 Å². The monoisotopic (exact) mass is 312 g/mol. The number of hydrogen-bond donors (Lipinski definition) is 1. The van der Waals surface area contributed by atoms with Crippen molar-refractivity contribution < 1.29 is 17.9 Å². The number of piperidine rings is 1. The zero-order valence-corrected chi connectivity index (χ0v) is 13.0. The third-order valence-electron chi connectivity index (χ3n) is 3.74. The van der Waals surface area contributed by atoms with Gasteiger partial charge in [0.25, 0.3) is 0 Å². The fraction of sp³-hybridized carbons (Fsp3) is 0.500. The van der Waals surface area contributed by atoms with Crippen LogP contribution in [0.25, 0.3) is 0 Å². The highest BCUT2D eigenvalue weighted by atomic mass is 32.2. The third-order valence-corrected chi connectivity index (χ3v) is 5.77. The minimum atomic E-state index is -3.56. The average molecular weight is 312 g/mol. The van der Waals surface area contributed by atoms with Crippen molar-refractivity contribution in [2.24, 2.45) is 5.73 Å². The molecule has 1 saturated heterocycles. The fourth-order valence-electron chi connectivity index (χ4n) is 2.56. The van der Waals surface area contributed by atoms with Gasteiger partial charge in [-0.3, -0.25) is 0 Å². The van der Waals surface area contributed by atoms with Crippen molar-refractivity contribution in [3.63, 3.8) is 0 Å². The SMILES string of the molecule is COC(=O)c1ccc(S(=O)(=O)N2CCC(N)CC2C)cc1. The van der Waals surface area contributed by atoms with Crippen LogP contribution in [0.3, 0.4) is 0 Å². The van der Waals surface area contributed by atoms with Crippen LogP contribution in [-0.4, -0.2) is 44.4 Å². The molecule has 0 amide bonds. The topological polar surface area (TPSA) is 89.7 Å². The molecule has 0 aromatic heterocycles. The van der Waals surface area contributed by atoms with Gasteiger partial charge in [0.05, 0.1) is 17.6 Å². The first-order valence-electron chi connectivity index (χ1n) is 6.82. The van der Waals surface area contributed by atoms with Gasteiger partial charge in [0.15, 0.2) is 0 Å². The van der Waals surface area contributed by atoms with Crippen LogP contribution in [0.4, 0.5) is 0 Å². The summed E-state index contributed by atoms with van der Waals surface area (Å²) >= 11 is 0. The standard InChI is InChI=1S/C14H20N2O4S/c1-10-9-12(15)7-8-16(10)21(18,19)13-5-3-11(4-6-13)14(17)20-2/h3-6,10,12H,7-9,15H2,1-2H3. The number of rotatable bonds is 3. The van der Waals surface area contributed by atoms with Crippen LogP contribution in [0.2, 0.25) is 0 Å². The molecule has 1 heterocycles. The molecule has 116 valence electrons. The number of carbonyl (C=O) groups is 1. The van der Waals surface area contributed by atoms with Gasteiger partial charge in [-0.1, -0.05) is 0 Å². The molecular formula is C14H20N2O4S. The maximum absolute atomic E-state index is 12.6. The zero-order valence-electron chi connectivity index (χ0n) is 12.2. The van der Waals surface area contributed by atoms with E-state index in [2.05, 4.69) is 4.74 Å². The van der Waals surface area contributed by atoms with Crippen LogP contribution in [0.5, 0.6) is 0 Å². The Morgan fingerprint density at radius 3 is 2.48 bits per heavy atom. The summed E-state index contributed by atoms with van der Waals surface area (Å²) in [5.41, 5.74) is 6.19. The maximum Gasteiger partial charge on any atom is 0.337 e. The molecule has 0 bridgehead atoms. The quantitative estimate of drug-likeness (QED) is 0.840. The van der Waals surface area contributed by atoms with E-state index in [0.717, 1.165) is 0 Å². The Kier molecular flexibility index (Phi) is 4.65. The highest BCUT2D eigenvalue weighted by Crippen LogP contribution is 2.25. The zero-order chi connectivity index (χ0) is 15.6. The molecule has 6 nitrogen and oxygen atoms in total. The summed E-state index contributed by atoms with van der Waals surface area (Å²) in [6.45, 7) is 2.28. The van der Waals surface area contributed by atoms with Crippen molar-refractivity contribution >= 4 is 16.0 Å². The number of methoxy groups -OCH3 is 1. The molecule has 21 heavy (non-hydrogen) atoms. The number of esters is 1. The third kappa shape index (κ3) is 3.25. The predicted octanol–water partition coefficient (Wildman–Crippen LogP) is 0.973. The van der Waals surface area contributed by atoms with Gasteiger partial charge < -0.3 is 10.5 Å². The molecule has 1 aliphatic heterocycles. The average Bonchev–Trinajstić information content (AvgIpc) is 2.46. The van der Waals surface area contributed by atoms with Crippen LogP contribution >= 0.6 is 0 Å². The Balaban J connectivity index is 2.25. The molecular weight excluding hydrogens is 292 g/mol. The summed E-state index contributed by atoms with van der Waals surface area (Å²) in [5, 5.41) is 0. The Hall–Kier alpha value is -1.44. The molecule has 0 saturated carbocycles. The Bertz CT molecular complexity index is 612. The Morgan fingerprint density at radius 1 is 1.33 bits per heavy atom. The second-order valence-electron chi connectivity index (χ2n) is 5.27. The first-order chi connectivity index (χ1) is 9.86. The van der Waals surface area contributed by atoms with E-state index in [0.29, 0.717) is 24.9 Å². The minimum Gasteiger partial charge on any atom is -0.465 e. The van der Waals surface area contributed by atoms with Gasteiger partial charge in [0.2, 0.25) is 10.0 Å². The molecule has 2 atom stereocenters. The molecule has 0 spiro atoms. The Morgan fingerprint density at radius 2 is 1.95 bits per heavy atom. The molecule has 1 aliphatic rings. The maximum atomic E-state index is 12.6. The number of nitrogens with zero attached hydrogens (tertiary/aromatic N) is 1. The number of nitrogens with two attached hydrogens (primary N) is 1. The lowest BCUT2D eigenvalue weighted by Gasteiger charge is -2.35. The molecule has 2 rings (SSSR count). The van der Waals surface area contributed by atoms with Crippen molar-refractivity contribution in [1.29, 1.82) is 0 Å². The highest BCUT2D eigenvalue weighted by molar-refractivity contribution is 7.89. The number of hydrogen-bond acceptors (Lipinski definition) is 5. The van der Waals surface area contributed by atoms with Crippen LogP contribution in [0.1, 0.15) is 30.1 Å². The second kappa shape index (κ2) is 6.13. The summed E-state index contributed by atoms with van der Waals surface area (Å²) in [6, 6.07) is 5.70. The first-order valence-corrected chi connectivity index (χ1v) is 8.26. The molecule has 2 unspecified atom stereocenters. The summed E-state index contributed by atoms with van der Waals surface area (Å²) < 4.78 is 31.3. The number of sulfonamides is 1. The predicted molar refractivity (Wildman–Crippen MR) is 78.3 cm³/mol. The summed E-state index contributed by atoms with van der Waals surface area (Å²) in [4.78, 5) is 11.5. The lowest BCUT2D eigenvalue weighted by atomic mass is 10.0. The van der Waals surface area contributed by atoms with Gasteiger partial charge >= 0.3 is 5.97 Å². The highest BCUT2D eigenvalue weighted by Gasteiger charge is 2.33. The van der Waals surface area contributed by atoms with Crippen LogP contribution in [0.15, 0.2) is 29.2 Å². The summed E-state index contributed by atoms with van der Waals surface area (Å²) in [6.07, 6.45) is 1.31. The first kappa shape index (κ1) is 15.9. The van der Waals surface area contributed by atoms with Crippen molar-refractivity contribution in [1.82, 2.24) is 4.31 Å². The van der Waals surface area contributed by atoms with Crippen molar-refractivity contribution in [2.75, 3.05) is 13.7 Å². The largest absolute Gasteiger partial charge is 0.465 e. The van der Waals surface area contributed by atoms with E-state index in [1.54, 1.807) is 0 Å². The molecule has 1 aromatic carbocycles. The Labute approximate surface area is 124 Å². The normalized spacial score (nSPS) is 23.8. The molecule has 1 fully saturated rings. The van der Waals surface area contributed by atoms with E-state index >= 15 is 0 Å².